The first-order chi connectivity index (χ1) is 15.0. The lowest BCUT2D eigenvalue weighted by Crippen LogP contribution is -2.41. The average Bonchev–Trinajstić information content (AvgIpc) is 2.78. The first kappa shape index (κ1) is 23.2. The summed E-state index contributed by atoms with van der Waals surface area (Å²) in [5.41, 5.74) is 4.47. The molecule has 0 aliphatic carbocycles. The number of nitrogens with zero attached hydrogens (tertiary/aromatic N) is 1. The van der Waals surface area contributed by atoms with Gasteiger partial charge in [-0.2, -0.15) is 0 Å². The summed E-state index contributed by atoms with van der Waals surface area (Å²) in [6.07, 6.45) is 4.39. The molecule has 2 aromatic carbocycles. The number of hydrogen-bond acceptors (Lipinski definition) is 3. The zero-order valence-corrected chi connectivity index (χ0v) is 19.3. The normalized spacial score (nSPS) is 19.6. The number of carbonyl (C=O) groups excluding carboxylic acids is 1. The molecule has 0 bridgehead atoms. The summed E-state index contributed by atoms with van der Waals surface area (Å²) >= 11 is 0. The van der Waals surface area contributed by atoms with Crippen molar-refractivity contribution < 1.29 is 9.53 Å². The molecule has 3 rings (SSSR count). The van der Waals surface area contributed by atoms with Crippen molar-refractivity contribution in [3.63, 3.8) is 0 Å². The maximum absolute atomic E-state index is 12.2. The molecule has 2 atom stereocenters. The number of amides is 1. The van der Waals surface area contributed by atoms with Crippen molar-refractivity contribution in [1.29, 1.82) is 0 Å². The number of nitrogens with one attached hydrogen (secondary N) is 1. The molecule has 1 aliphatic heterocycles. The fourth-order valence-electron chi connectivity index (χ4n) is 4.24. The Balaban J connectivity index is 1.63. The van der Waals surface area contributed by atoms with Gasteiger partial charge in [-0.15, -0.1) is 0 Å². The van der Waals surface area contributed by atoms with Gasteiger partial charge in [-0.25, -0.2) is 0 Å². The molecule has 1 saturated heterocycles. The number of hydrogen-bond donors (Lipinski definition) is 1. The fourth-order valence-corrected chi connectivity index (χ4v) is 4.24. The molecule has 1 aliphatic rings. The summed E-state index contributed by atoms with van der Waals surface area (Å²) in [6.45, 7) is 11.2. The minimum atomic E-state index is -0.0261. The summed E-state index contributed by atoms with van der Waals surface area (Å²) in [5.74, 6) is -0.0261. The van der Waals surface area contributed by atoms with Gasteiger partial charge < -0.3 is 10.1 Å². The zero-order chi connectivity index (χ0) is 22.2. The first-order valence-corrected chi connectivity index (χ1v) is 11.4. The zero-order valence-electron chi connectivity index (χ0n) is 19.3. The molecule has 0 aromatic heterocycles. The van der Waals surface area contributed by atoms with E-state index in [4.69, 9.17) is 4.74 Å². The van der Waals surface area contributed by atoms with Crippen LogP contribution in [-0.2, 0) is 4.74 Å². The maximum atomic E-state index is 12.2. The van der Waals surface area contributed by atoms with E-state index in [2.05, 4.69) is 60.5 Å². The van der Waals surface area contributed by atoms with E-state index in [0.717, 1.165) is 38.1 Å². The lowest BCUT2D eigenvalue weighted by molar-refractivity contribution is -0.0257. The smallest absolute Gasteiger partial charge is 0.251 e. The van der Waals surface area contributed by atoms with Gasteiger partial charge in [0.2, 0.25) is 0 Å². The summed E-state index contributed by atoms with van der Waals surface area (Å²) in [6, 6.07) is 19.0. The molecule has 1 N–H and O–H groups in total. The molecule has 31 heavy (non-hydrogen) atoms. The van der Waals surface area contributed by atoms with E-state index in [1.807, 2.05) is 38.1 Å². The maximum Gasteiger partial charge on any atom is 0.251 e. The predicted molar refractivity (Wildman–Crippen MR) is 128 cm³/mol. The van der Waals surface area contributed by atoms with Crippen LogP contribution < -0.4 is 5.32 Å². The van der Waals surface area contributed by atoms with Crippen molar-refractivity contribution in [2.24, 2.45) is 0 Å². The van der Waals surface area contributed by atoms with Crippen LogP contribution in [0.4, 0.5) is 0 Å². The SMILES string of the molecule is CCN(C/C(C)=C/c1ccccc1)[C@@H]1CCO[C@H](c2ccc(C(=O)NC(C)C)cc2)C1. The van der Waals surface area contributed by atoms with Crippen LogP contribution in [-0.4, -0.2) is 42.6 Å². The highest BCUT2D eigenvalue weighted by Gasteiger charge is 2.27. The van der Waals surface area contributed by atoms with E-state index in [-0.39, 0.29) is 18.1 Å². The van der Waals surface area contributed by atoms with Gasteiger partial charge in [0, 0.05) is 30.8 Å². The third kappa shape index (κ3) is 6.78. The van der Waals surface area contributed by atoms with E-state index in [1.165, 1.54) is 11.1 Å². The van der Waals surface area contributed by atoms with Crippen LogP contribution in [0.2, 0.25) is 0 Å². The Labute approximate surface area is 187 Å². The number of benzene rings is 2. The Morgan fingerprint density at radius 1 is 1.16 bits per heavy atom. The van der Waals surface area contributed by atoms with Crippen molar-refractivity contribution in [3.05, 3.63) is 76.9 Å². The minimum Gasteiger partial charge on any atom is -0.373 e. The Morgan fingerprint density at radius 3 is 2.52 bits per heavy atom. The van der Waals surface area contributed by atoms with E-state index >= 15 is 0 Å². The van der Waals surface area contributed by atoms with Crippen LogP contribution in [0.25, 0.3) is 6.08 Å². The van der Waals surface area contributed by atoms with Gasteiger partial charge in [0.05, 0.1) is 6.10 Å². The monoisotopic (exact) mass is 420 g/mol. The second kappa shape index (κ2) is 11.3. The van der Waals surface area contributed by atoms with Crippen molar-refractivity contribution in [2.75, 3.05) is 19.7 Å². The highest BCUT2D eigenvalue weighted by molar-refractivity contribution is 5.94. The van der Waals surface area contributed by atoms with Crippen LogP contribution in [0.5, 0.6) is 0 Å². The van der Waals surface area contributed by atoms with Gasteiger partial charge in [-0.05, 0) is 63.4 Å². The van der Waals surface area contributed by atoms with Gasteiger partial charge in [-0.1, -0.05) is 61.0 Å². The lowest BCUT2D eigenvalue weighted by Gasteiger charge is -2.37. The van der Waals surface area contributed by atoms with Gasteiger partial charge in [-0.3, -0.25) is 9.69 Å². The molecule has 0 saturated carbocycles. The average molecular weight is 421 g/mol. The molecule has 1 heterocycles. The standard InChI is InChI=1S/C27H36N2O2/c1-5-29(19-21(4)17-22-9-7-6-8-10-22)25-15-16-31-26(18-25)23-11-13-24(14-12-23)27(30)28-20(2)3/h6-14,17,20,25-26H,5,15-16,18-19H2,1-4H3,(H,28,30)/b21-17+/t25-,26+/m1/s1. The minimum absolute atomic E-state index is 0.0261. The van der Waals surface area contributed by atoms with Gasteiger partial charge >= 0.3 is 0 Å². The van der Waals surface area contributed by atoms with E-state index in [1.54, 1.807) is 0 Å². The van der Waals surface area contributed by atoms with Crippen molar-refractivity contribution in [1.82, 2.24) is 10.2 Å². The lowest BCUT2D eigenvalue weighted by atomic mass is 9.95. The molecule has 1 fully saturated rings. The molecule has 0 unspecified atom stereocenters. The molecule has 0 radical (unpaired) electrons. The topological polar surface area (TPSA) is 41.6 Å². The van der Waals surface area contributed by atoms with Crippen LogP contribution in [0.3, 0.4) is 0 Å². The third-order valence-corrected chi connectivity index (χ3v) is 5.81. The van der Waals surface area contributed by atoms with Crippen LogP contribution in [0.15, 0.2) is 60.2 Å². The Kier molecular flexibility index (Phi) is 8.44. The molecule has 166 valence electrons. The van der Waals surface area contributed by atoms with Crippen LogP contribution in [0, 0.1) is 0 Å². The van der Waals surface area contributed by atoms with Crippen molar-refractivity contribution in [2.45, 2.75) is 58.7 Å². The summed E-state index contributed by atoms with van der Waals surface area (Å²) in [4.78, 5) is 14.8. The number of likely N-dealkylation sites (N-methyl/N-ethyl adjacent to an activating group) is 1. The van der Waals surface area contributed by atoms with Crippen LogP contribution >= 0.6 is 0 Å². The fraction of sp³-hybridized carbons (Fsp3) is 0.444. The molecular weight excluding hydrogens is 384 g/mol. The summed E-state index contributed by atoms with van der Waals surface area (Å²) in [7, 11) is 0. The van der Waals surface area contributed by atoms with Crippen molar-refractivity contribution >= 4 is 12.0 Å². The molecule has 0 spiro atoms. The van der Waals surface area contributed by atoms with Crippen molar-refractivity contribution in [3.8, 4) is 0 Å². The van der Waals surface area contributed by atoms with E-state index < -0.39 is 0 Å². The number of ether oxygens (including phenoxy) is 1. The third-order valence-electron chi connectivity index (χ3n) is 5.81. The number of carbonyl (C=O) groups is 1. The van der Waals surface area contributed by atoms with E-state index in [9.17, 15) is 4.79 Å². The van der Waals surface area contributed by atoms with Gasteiger partial charge in [0.1, 0.15) is 0 Å². The first-order valence-electron chi connectivity index (χ1n) is 11.4. The second-order valence-corrected chi connectivity index (χ2v) is 8.75. The second-order valence-electron chi connectivity index (χ2n) is 8.75. The van der Waals surface area contributed by atoms with Gasteiger partial charge in [0.15, 0.2) is 0 Å². The molecule has 1 amide bonds. The van der Waals surface area contributed by atoms with E-state index in [0.29, 0.717) is 11.6 Å². The molecular formula is C27H36N2O2. The largest absolute Gasteiger partial charge is 0.373 e. The van der Waals surface area contributed by atoms with Crippen LogP contribution in [0.1, 0.15) is 68.1 Å². The number of rotatable bonds is 8. The Hall–Kier alpha value is -2.43. The molecule has 4 nitrogen and oxygen atoms in total. The Morgan fingerprint density at radius 2 is 1.87 bits per heavy atom. The highest BCUT2D eigenvalue weighted by atomic mass is 16.5. The quantitative estimate of drug-likeness (QED) is 0.616. The molecule has 4 heteroatoms. The summed E-state index contributed by atoms with van der Waals surface area (Å²) in [5, 5.41) is 2.94. The Bertz CT molecular complexity index is 859. The summed E-state index contributed by atoms with van der Waals surface area (Å²) < 4.78 is 6.11. The molecule has 2 aromatic rings. The van der Waals surface area contributed by atoms with Gasteiger partial charge in [0.25, 0.3) is 5.91 Å². The highest BCUT2D eigenvalue weighted by Crippen LogP contribution is 2.31. The predicted octanol–water partition coefficient (Wildman–Crippen LogP) is 5.47.